The normalized spacial score (nSPS) is 11.2. The Hall–Kier alpha value is -1.93. The van der Waals surface area contributed by atoms with Crippen molar-refractivity contribution in [3.05, 3.63) is 40.9 Å². The molecule has 19 heavy (non-hydrogen) atoms. The molecule has 6 nitrogen and oxygen atoms in total. The highest BCUT2D eigenvalue weighted by atomic mass is 32.2. The Bertz CT molecular complexity index is 709. The van der Waals surface area contributed by atoms with Gasteiger partial charge in [-0.2, -0.15) is 0 Å². The SMILES string of the molecule is Cc1ccc(S(=O)(=O)Nc2nccs2)cc1C(N)=O. The van der Waals surface area contributed by atoms with Gasteiger partial charge in [0.05, 0.1) is 4.90 Å². The number of benzene rings is 1. The van der Waals surface area contributed by atoms with E-state index in [9.17, 15) is 13.2 Å². The largest absolute Gasteiger partial charge is 0.366 e. The van der Waals surface area contributed by atoms with Gasteiger partial charge in [-0.15, -0.1) is 11.3 Å². The van der Waals surface area contributed by atoms with Crippen molar-refractivity contribution in [1.29, 1.82) is 0 Å². The van der Waals surface area contributed by atoms with Gasteiger partial charge in [0, 0.05) is 17.1 Å². The smallest absolute Gasteiger partial charge is 0.263 e. The van der Waals surface area contributed by atoms with E-state index >= 15 is 0 Å². The maximum absolute atomic E-state index is 12.1. The Morgan fingerprint density at radius 2 is 2.16 bits per heavy atom. The van der Waals surface area contributed by atoms with Crippen LogP contribution in [0.15, 0.2) is 34.7 Å². The highest BCUT2D eigenvalue weighted by molar-refractivity contribution is 7.93. The molecular weight excluding hydrogens is 286 g/mol. The van der Waals surface area contributed by atoms with Gasteiger partial charge in [-0.1, -0.05) is 6.07 Å². The van der Waals surface area contributed by atoms with Crippen LogP contribution < -0.4 is 10.5 Å². The lowest BCUT2D eigenvalue weighted by Crippen LogP contribution is -2.16. The maximum Gasteiger partial charge on any atom is 0.263 e. The summed E-state index contributed by atoms with van der Waals surface area (Å²) in [5, 5.41) is 1.92. The number of nitrogens with two attached hydrogens (primary N) is 1. The van der Waals surface area contributed by atoms with E-state index in [-0.39, 0.29) is 15.6 Å². The predicted molar refractivity (Wildman–Crippen MR) is 72.6 cm³/mol. The number of hydrogen-bond donors (Lipinski definition) is 2. The zero-order chi connectivity index (χ0) is 14.0. The molecule has 3 N–H and O–H groups in total. The van der Waals surface area contributed by atoms with Gasteiger partial charge in [0.15, 0.2) is 5.13 Å². The molecule has 1 aromatic carbocycles. The number of carbonyl (C=O) groups is 1. The quantitative estimate of drug-likeness (QED) is 0.889. The summed E-state index contributed by atoms with van der Waals surface area (Å²) in [5.41, 5.74) is 6.01. The fourth-order valence-corrected chi connectivity index (χ4v) is 3.30. The number of amides is 1. The third-order valence-electron chi connectivity index (χ3n) is 2.44. The number of anilines is 1. The van der Waals surface area contributed by atoms with E-state index in [1.54, 1.807) is 12.3 Å². The average Bonchev–Trinajstić information content (AvgIpc) is 2.80. The van der Waals surface area contributed by atoms with Crippen molar-refractivity contribution in [3.63, 3.8) is 0 Å². The van der Waals surface area contributed by atoms with Crippen LogP contribution in [0, 0.1) is 6.92 Å². The minimum atomic E-state index is -3.77. The second-order valence-electron chi connectivity index (χ2n) is 3.78. The maximum atomic E-state index is 12.1. The molecule has 2 aromatic rings. The van der Waals surface area contributed by atoms with Crippen molar-refractivity contribution in [3.8, 4) is 0 Å². The van der Waals surface area contributed by atoms with Crippen molar-refractivity contribution in [2.24, 2.45) is 5.73 Å². The van der Waals surface area contributed by atoms with Gasteiger partial charge in [0.25, 0.3) is 10.0 Å². The number of primary amides is 1. The molecule has 0 saturated heterocycles. The fraction of sp³-hybridized carbons (Fsp3) is 0.0909. The number of nitrogens with one attached hydrogen (secondary N) is 1. The van der Waals surface area contributed by atoms with Crippen LogP contribution in [0.25, 0.3) is 0 Å². The van der Waals surface area contributed by atoms with E-state index < -0.39 is 15.9 Å². The number of nitrogens with zero attached hydrogens (tertiary/aromatic N) is 1. The van der Waals surface area contributed by atoms with Crippen LogP contribution in [0.3, 0.4) is 0 Å². The van der Waals surface area contributed by atoms with Crippen LogP contribution >= 0.6 is 11.3 Å². The van der Waals surface area contributed by atoms with Gasteiger partial charge < -0.3 is 5.73 Å². The second kappa shape index (κ2) is 4.98. The second-order valence-corrected chi connectivity index (χ2v) is 6.36. The van der Waals surface area contributed by atoms with Crippen LogP contribution in [0.1, 0.15) is 15.9 Å². The highest BCUT2D eigenvalue weighted by Gasteiger charge is 2.18. The first-order valence-corrected chi connectivity index (χ1v) is 7.59. The number of aryl methyl sites for hydroxylation is 1. The molecule has 8 heteroatoms. The van der Waals surface area contributed by atoms with E-state index in [0.717, 1.165) is 0 Å². The lowest BCUT2D eigenvalue weighted by molar-refractivity contribution is 0.0999. The Balaban J connectivity index is 2.41. The fourth-order valence-electron chi connectivity index (χ4n) is 1.48. The molecule has 0 fully saturated rings. The molecule has 1 amide bonds. The van der Waals surface area contributed by atoms with Crippen molar-refractivity contribution in [1.82, 2.24) is 4.98 Å². The lowest BCUT2D eigenvalue weighted by Gasteiger charge is -2.08. The lowest BCUT2D eigenvalue weighted by atomic mass is 10.1. The summed E-state index contributed by atoms with van der Waals surface area (Å²) in [6.45, 7) is 1.69. The summed E-state index contributed by atoms with van der Waals surface area (Å²) < 4.78 is 26.5. The number of hydrogen-bond acceptors (Lipinski definition) is 5. The summed E-state index contributed by atoms with van der Waals surface area (Å²) in [6.07, 6.45) is 1.49. The third kappa shape index (κ3) is 2.91. The van der Waals surface area contributed by atoms with Gasteiger partial charge in [-0.3, -0.25) is 9.52 Å². The van der Waals surface area contributed by atoms with Crippen molar-refractivity contribution >= 4 is 32.4 Å². The number of thiazole rings is 1. The molecule has 0 spiro atoms. The molecule has 0 aliphatic carbocycles. The first-order chi connectivity index (χ1) is 8.90. The summed E-state index contributed by atoms with van der Waals surface area (Å²) in [6, 6.07) is 4.21. The highest BCUT2D eigenvalue weighted by Crippen LogP contribution is 2.20. The zero-order valence-electron chi connectivity index (χ0n) is 9.95. The molecule has 0 saturated carbocycles. The third-order valence-corrected chi connectivity index (χ3v) is 4.59. The molecule has 0 radical (unpaired) electrons. The summed E-state index contributed by atoms with van der Waals surface area (Å²) in [4.78, 5) is 15.0. The summed E-state index contributed by atoms with van der Waals surface area (Å²) >= 11 is 1.17. The Morgan fingerprint density at radius 1 is 1.42 bits per heavy atom. The van der Waals surface area contributed by atoms with Gasteiger partial charge >= 0.3 is 0 Å². The van der Waals surface area contributed by atoms with Crippen LogP contribution in [-0.2, 0) is 10.0 Å². The first-order valence-electron chi connectivity index (χ1n) is 5.23. The van der Waals surface area contributed by atoms with Gasteiger partial charge in [-0.05, 0) is 24.6 Å². The molecule has 100 valence electrons. The van der Waals surface area contributed by atoms with Crippen LogP contribution in [0.2, 0.25) is 0 Å². The number of carbonyl (C=O) groups excluding carboxylic acids is 1. The van der Waals surface area contributed by atoms with Gasteiger partial charge in [0.1, 0.15) is 0 Å². The molecule has 0 bridgehead atoms. The van der Waals surface area contributed by atoms with Crippen molar-refractivity contribution in [2.75, 3.05) is 4.72 Å². The predicted octanol–water partition coefficient (Wildman–Crippen LogP) is 1.35. The van der Waals surface area contributed by atoms with E-state index in [2.05, 4.69) is 9.71 Å². The minimum absolute atomic E-state index is 0.0258. The Kier molecular flexibility index (Phi) is 3.54. The van der Waals surface area contributed by atoms with Crippen molar-refractivity contribution in [2.45, 2.75) is 11.8 Å². The van der Waals surface area contributed by atoms with E-state index in [4.69, 9.17) is 5.73 Å². The topological polar surface area (TPSA) is 102 Å². The molecule has 1 heterocycles. The Labute approximate surface area is 114 Å². The molecular formula is C11H11N3O3S2. The monoisotopic (exact) mass is 297 g/mol. The van der Waals surface area contributed by atoms with Crippen LogP contribution in [0.5, 0.6) is 0 Å². The van der Waals surface area contributed by atoms with Crippen molar-refractivity contribution < 1.29 is 13.2 Å². The summed E-state index contributed by atoms with van der Waals surface area (Å²) in [5.74, 6) is -0.663. The van der Waals surface area contributed by atoms with Crippen LogP contribution in [0.4, 0.5) is 5.13 Å². The molecule has 0 aliphatic rings. The summed E-state index contributed by atoms with van der Waals surface area (Å²) in [7, 11) is -3.77. The first kappa shape index (κ1) is 13.5. The molecule has 0 aliphatic heterocycles. The van der Waals surface area contributed by atoms with E-state index in [0.29, 0.717) is 5.56 Å². The van der Waals surface area contributed by atoms with E-state index in [1.807, 2.05) is 0 Å². The number of rotatable bonds is 4. The van der Waals surface area contributed by atoms with E-state index in [1.165, 1.54) is 35.7 Å². The number of sulfonamides is 1. The molecule has 0 unspecified atom stereocenters. The van der Waals surface area contributed by atoms with Gasteiger partial charge in [0.2, 0.25) is 5.91 Å². The molecule has 2 rings (SSSR count). The standard InChI is InChI=1S/C11H11N3O3S2/c1-7-2-3-8(6-9(7)10(12)15)19(16,17)14-11-13-4-5-18-11/h2-6H,1H3,(H2,12,15)(H,13,14). The molecule has 0 atom stereocenters. The zero-order valence-corrected chi connectivity index (χ0v) is 11.6. The van der Waals surface area contributed by atoms with Crippen LogP contribution in [-0.4, -0.2) is 19.3 Å². The minimum Gasteiger partial charge on any atom is -0.366 e. The molecule has 1 aromatic heterocycles. The van der Waals surface area contributed by atoms with Gasteiger partial charge in [-0.25, -0.2) is 13.4 Å². The average molecular weight is 297 g/mol. The number of aromatic nitrogens is 1. The Morgan fingerprint density at radius 3 is 2.74 bits per heavy atom.